The van der Waals surface area contributed by atoms with Crippen LogP contribution >= 0.6 is 0 Å². The van der Waals surface area contributed by atoms with Gasteiger partial charge in [-0.3, -0.25) is 9.36 Å². The molecule has 7 heteroatoms. The quantitative estimate of drug-likeness (QED) is 0.838. The first-order chi connectivity index (χ1) is 8.54. The third kappa shape index (κ3) is 1.99. The standard InChI is InChI=1S/C11H10F2N2O3/c1-2-18-8(16)5-15-10-7(14-11(15)17)4-3-6(12)9(10)13/h3-4H,2,5H2,1H3,(H,14,17). The molecule has 0 saturated heterocycles. The SMILES string of the molecule is CCOC(=O)Cn1c(=O)[nH]c2ccc(F)c(F)c21. The number of aromatic nitrogens is 2. The second kappa shape index (κ2) is 4.59. The lowest BCUT2D eigenvalue weighted by molar-refractivity contribution is -0.143. The van der Waals surface area contributed by atoms with Crippen molar-refractivity contribution in [3.8, 4) is 0 Å². The lowest BCUT2D eigenvalue weighted by atomic mass is 10.3. The van der Waals surface area contributed by atoms with Crippen LogP contribution in [0.5, 0.6) is 0 Å². The summed E-state index contributed by atoms with van der Waals surface area (Å²) in [5.74, 6) is -2.95. The van der Waals surface area contributed by atoms with E-state index in [2.05, 4.69) is 9.72 Å². The number of nitrogens with zero attached hydrogens (tertiary/aromatic N) is 1. The van der Waals surface area contributed by atoms with Gasteiger partial charge in [-0.15, -0.1) is 0 Å². The van der Waals surface area contributed by atoms with Gasteiger partial charge in [-0.2, -0.15) is 0 Å². The Morgan fingerprint density at radius 3 is 2.83 bits per heavy atom. The molecule has 1 aromatic carbocycles. The average Bonchev–Trinajstić information content (AvgIpc) is 2.62. The van der Waals surface area contributed by atoms with Crippen molar-refractivity contribution in [1.82, 2.24) is 9.55 Å². The lowest BCUT2D eigenvalue weighted by Gasteiger charge is -2.04. The van der Waals surface area contributed by atoms with E-state index in [1.165, 1.54) is 6.07 Å². The van der Waals surface area contributed by atoms with Crippen LogP contribution < -0.4 is 5.69 Å². The smallest absolute Gasteiger partial charge is 0.327 e. The van der Waals surface area contributed by atoms with Crippen LogP contribution in [-0.2, 0) is 16.1 Å². The maximum absolute atomic E-state index is 13.6. The zero-order valence-electron chi connectivity index (χ0n) is 9.50. The molecule has 96 valence electrons. The molecule has 0 aliphatic rings. The van der Waals surface area contributed by atoms with E-state index >= 15 is 0 Å². The molecule has 5 nitrogen and oxygen atoms in total. The van der Waals surface area contributed by atoms with Gasteiger partial charge in [0.15, 0.2) is 11.6 Å². The van der Waals surface area contributed by atoms with Crippen LogP contribution in [0.3, 0.4) is 0 Å². The van der Waals surface area contributed by atoms with Gasteiger partial charge in [0.1, 0.15) is 12.1 Å². The molecular formula is C11H10F2N2O3. The first-order valence-corrected chi connectivity index (χ1v) is 5.26. The Morgan fingerprint density at radius 2 is 2.17 bits per heavy atom. The Balaban J connectivity index is 2.56. The molecule has 0 radical (unpaired) electrons. The number of carbonyl (C=O) groups excluding carboxylic acids is 1. The highest BCUT2D eigenvalue weighted by molar-refractivity contribution is 5.78. The van der Waals surface area contributed by atoms with Crippen molar-refractivity contribution in [2.75, 3.05) is 6.61 Å². The third-order valence-corrected chi connectivity index (χ3v) is 2.42. The van der Waals surface area contributed by atoms with E-state index in [0.717, 1.165) is 10.6 Å². The van der Waals surface area contributed by atoms with E-state index in [4.69, 9.17) is 0 Å². The zero-order valence-corrected chi connectivity index (χ0v) is 9.50. The van der Waals surface area contributed by atoms with Gasteiger partial charge >= 0.3 is 11.7 Å². The van der Waals surface area contributed by atoms with Gasteiger partial charge in [0.2, 0.25) is 0 Å². The lowest BCUT2D eigenvalue weighted by Crippen LogP contribution is -2.23. The summed E-state index contributed by atoms with van der Waals surface area (Å²) in [7, 11) is 0. The molecule has 18 heavy (non-hydrogen) atoms. The largest absolute Gasteiger partial charge is 0.465 e. The minimum atomic E-state index is -1.17. The van der Waals surface area contributed by atoms with Crippen molar-refractivity contribution in [1.29, 1.82) is 0 Å². The number of H-pyrrole nitrogens is 1. The van der Waals surface area contributed by atoms with Gasteiger partial charge < -0.3 is 9.72 Å². The molecule has 1 heterocycles. The monoisotopic (exact) mass is 256 g/mol. The van der Waals surface area contributed by atoms with E-state index in [9.17, 15) is 18.4 Å². The topological polar surface area (TPSA) is 64.1 Å². The van der Waals surface area contributed by atoms with Crippen molar-refractivity contribution < 1.29 is 18.3 Å². The van der Waals surface area contributed by atoms with Gasteiger partial charge in [-0.05, 0) is 19.1 Å². The number of ether oxygens (including phenoxy) is 1. The molecule has 2 aromatic rings. The Bertz CT molecular complexity index is 660. The summed E-state index contributed by atoms with van der Waals surface area (Å²) in [6, 6.07) is 2.14. The number of rotatable bonds is 3. The molecule has 0 aliphatic heterocycles. The van der Waals surface area contributed by atoms with Crippen molar-refractivity contribution in [3.63, 3.8) is 0 Å². The summed E-state index contributed by atoms with van der Waals surface area (Å²) in [4.78, 5) is 25.2. The second-order valence-electron chi connectivity index (χ2n) is 3.58. The van der Waals surface area contributed by atoms with E-state index in [0.29, 0.717) is 0 Å². The predicted octanol–water partition coefficient (Wildman–Crippen LogP) is 1.17. The fourth-order valence-electron chi connectivity index (χ4n) is 1.68. The zero-order chi connectivity index (χ0) is 13.3. The number of fused-ring (bicyclic) bond motifs is 1. The van der Waals surface area contributed by atoms with E-state index < -0.39 is 29.8 Å². The number of benzene rings is 1. The van der Waals surface area contributed by atoms with E-state index in [1.54, 1.807) is 6.92 Å². The molecule has 0 saturated carbocycles. The molecule has 2 rings (SSSR count). The van der Waals surface area contributed by atoms with E-state index in [1.807, 2.05) is 0 Å². The van der Waals surface area contributed by atoms with Crippen LogP contribution in [0, 0.1) is 11.6 Å². The normalized spacial score (nSPS) is 10.8. The van der Waals surface area contributed by atoms with Gasteiger partial charge in [0.25, 0.3) is 0 Å². The number of hydrogen-bond acceptors (Lipinski definition) is 3. The maximum atomic E-state index is 13.6. The van der Waals surface area contributed by atoms with Crippen LogP contribution in [0.25, 0.3) is 11.0 Å². The minimum Gasteiger partial charge on any atom is -0.465 e. The van der Waals surface area contributed by atoms with Gasteiger partial charge in [-0.25, -0.2) is 13.6 Å². The molecule has 0 unspecified atom stereocenters. The maximum Gasteiger partial charge on any atom is 0.327 e. The average molecular weight is 256 g/mol. The summed E-state index contributed by atoms with van der Waals surface area (Å²) in [6.45, 7) is 1.29. The number of carbonyl (C=O) groups is 1. The number of esters is 1. The highest BCUT2D eigenvalue weighted by atomic mass is 19.2. The van der Waals surface area contributed by atoms with Crippen molar-refractivity contribution in [3.05, 3.63) is 34.3 Å². The van der Waals surface area contributed by atoms with Crippen molar-refractivity contribution in [2.24, 2.45) is 0 Å². The molecule has 0 fully saturated rings. The Hall–Kier alpha value is -2.18. The van der Waals surface area contributed by atoms with Crippen LogP contribution in [-0.4, -0.2) is 22.1 Å². The van der Waals surface area contributed by atoms with Crippen LogP contribution in [0.4, 0.5) is 8.78 Å². The third-order valence-electron chi connectivity index (χ3n) is 2.42. The summed E-state index contributed by atoms with van der Waals surface area (Å²) in [6.07, 6.45) is 0. The predicted molar refractivity (Wildman–Crippen MR) is 59.1 cm³/mol. The number of imidazole rings is 1. The molecular weight excluding hydrogens is 246 g/mol. The highest BCUT2D eigenvalue weighted by Gasteiger charge is 2.17. The van der Waals surface area contributed by atoms with Crippen molar-refractivity contribution >= 4 is 17.0 Å². The van der Waals surface area contributed by atoms with Crippen LogP contribution in [0.1, 0.15) is 6.92 Å². The van der Waals surface area contributed by atoms with Crippen LogP contribution in [0.2, 0.25) is 0 Å². The Morgan fingerprint density at radius 1 is 1.44 bits per heavy atom. The second-order valence-corrected chi connectivity index (χ2v) is 3.58. The molecule has 1 N–H and O–H groups in total. The molecule has 0 atom stereocenters. The summed E-state index contributed by atoms with van der Waals surface area (Å²) in [5.41, 5.74) is -0.834. The van der Waals surface area contributed by atoms with Crippen LogP contribution in [0.15, 0.2) is 16.9 Å². The first-order valence-electron chi connectivity index (χ1n) is 5.26. The number of halogens is 2. The molecule has 0 bridgehead atoms. The van der Waals surface area contributed by atoms with Gasteiger partial charge in [0.05, 0.1) is 12.1 Å². The Kier molecular flexibility index (Phi) is 3.14. The molecule has 0 aliphatic carbocycles. The number of aromatic amines is 1. The van der Waals surface area contributed by atoms with E-state index in [-0.39, 0.29) is 17.6 Å². The Labute approximate surface area is 100.0 Å². The summed E-state index contributed by atoms with van der Waals surface area (Å²) >= 11 is 0. The molecule has 0 spiro atoms. The fourth-order valence-corrected chi connectivity index (χ4v) is 1.68. The first kappa shape index (κ1) is 12.3. The highest BCUT2D eigenvalue weighted by Crippen LogP contribution is 2.17. The van der Waals surface area contributed by atoms with Gasteiger partial charge in [-0.1, -0.05) is 0 Å². The van der Waals surface area contributed by atoms with Crippen molar-refractivity contribution in [2.45, 2.75) is 13.5 Å². The molecule has 0 amide bonds. The number of hydrogen-bond donors (Lipinski definition) is 1. The minimum absolute atomic E-state index is 0.128. The molecule has 1 aromatic heterocycles. The number of nitrogens with one attached hydrogen (secondary N) is 1. The fraction of sp³-hybridized carbons (Fsp3) is 0.273. The summed E-state index contributed by atoms with van der Waals surface area (Å²) < 4.78 is 32.2. The van der Waals surface area contributed by atoms with Gasteiger partial charge in [0, 0.05) is 0 Å². The summed E-state index contributed by atoms with van der Waals surface area (Å²) in [5, 5.41) is 0.